The van der Waals surface area contributed by atoms with E-state index in [1.165, 1.54) is 16.7 Å². The van der Waals surface area contributed by atoms with Gasteiger partial charge in [-0.05, 0) is 41.3 Å². The highest BCUT2D eigenvalue weighted by atomic mass is 35.5. The van der Waals surface area contributed by atoms with Gasteiger partial charge < -0.3 is 5.73 Å². The van der Waals surface area contributed by atoms with Crippen molar-refractivity contribution < 1.29 is 0 Å². The fraction of sp³-hybridized carbons (Fsp3) is 0.250. The van der Waals surface area contributed by atoms with Gasteiger partial charge in [-0.15, -0.1) is 0 Å². The Balaban J connectivity index is 1.77. The highest BCUT2D eigenvalue weighted by Gasteiger charge is 2.18. The molecule has 0 aromatic heterocycles. The van der Waals surface area contributed by atoms with Crippen molar-refractivity contribution in [1.82, 2.24) is 4.90 Å². The van der Waals surface area contributed by atoms with Crippen molar-refractivity contribution in [3.63, 3.8) is 0 Å². The monoisotopic (exact) mass is 306 g/mol. The van der Waals surface area contributed by atoms with Crippen LogP contribution in [0.3, 0.4) is 0 Å². The van der Waals surface area contributed by atoms with Crippen LogP contribution in [-0.2, 0) is 19.5 Å². The molecule has 0 bridgehead atoms. The molecule has 0 amide bonds. The van der Waals surface area contributed by atoms with Crippen LogP contribution < -0.4 is 5.73 Å². The van der Waals surface area contributed by atoms with E-state index < -0.39 is 0 Å². The molecule has 0 unspecified atom stereocenters. The lowest BCUT2D eigenvalue weighted by Crippen LogP contribution is -2.30. The fourth-order valence-electron chi connectivity index (χ4n) is 2.69. The van der Waals surface area contributed by atoms with Crippen LogP contribution in [0.4, 0.5) is 5.69 Å². The molecule has 0 atom stereocenters. The summed E-state index contributed by atoms with van der Waals surface area (Å²) in [6.45, 7) is 2.80. The molecule has 2 nitrogen and oxygen atoms in total. The summed E-state index contributed by atoms with van der Waals surface area (Å²) in [6.07, 6.45) is 1.04. The van der Waals surface area contributed by atoms with E-state index in [1.54, 1.807) is 0 Å². The van der Waals surface area contributed by atoms with Gasteiger partial charge >= 0.3 is 0 Å². The molecule has 4 heteroatoms. The van der Waals surface area contributed by atoms with Crippen molar-refractivity contribution in [2.45, 2.75) is 19.5 Å². The third-order valence-corrected chi connectivity index (χ3v) is 4.52. The first kappa shape index (κ1) is 13.7. The van der Waals surface area contributed by atoms with Gasteiger partial charge in [0.15, 0.2) is 0 Å². The summed E-state index contributed by atoms with van der Waals surface area (Å²) >= 11 is 12.0. The lowest BCUT2D eigenvalue weighted by atomic mass is 9.98. The number of hydrogen-bond acceptors (Lipinski definition) is 2. The molecular formula is C16H16Cl2N2. The molecule has 0 spiro atoms. The van der Waals surface area contributed by atoms with Crippen molar-refractivity contribution in [1.29, 1.82) is 0 Å². The molecule has 2 aromatic carbocycles. The minimum Gasteiger partial charge on any atom is -0.398 e. The molecule has 1 aliphatic rings. The van der Waals surface area contributed by atoms with Crippen LogP contribution in [0.1, 0.15) is 16.7 Å². The minimum absolute atomic E-state index is 0.601. The maximum atomic E-state index is 6.08. The van der Waals surface area contributed by atoms with Crippen LogP contribution in [0.5, 0.6) is 0 Å². The minimum atomic E-state index is 0.601. The van der Waals surface area contributed by atoms with E-state index in [1.807, 2.05) is 30.3 Å². The second-order valence-electron chi connectivity index (χ2n) is 5.19. The van der Waals surface area contributed by atoms with Crippen LogP contribution in [0.25, 0.3) is 0 Å². The summed E-state index contributed by atoms with van der Waals surface area (Å²) in [7, 11) is 0. The highest BCUT2D eigenvalue weighted by Crippen LogP contribution is 2.27. The van der Waals surface area contributed by atoms with Crippen molar-refractivity contribution in [2.75, 3.05) is 12.3 Å². The van der Waals surface area contributed by atoms with E-state index in [9.17, 15) is 0 Å². The Morgan fingerprint density at radius 2 is 1.95 bits per heavy atom. The number of nitrogens with zero attached hydrogens (tertiary/aromatic N) is 1. The van der Waals surface area contributed by atoms with E-state index in [2.05, 4.69) is 11.0 Å². The summed E-state index contributed by atoms with van der Waals surface area (Å²) in [6, 6.07) is 12.0. The lowest BCUT2D eigenvalue weighted by molar-refractivity contribution is 0.246. The quantitative estimate of drug-likeness (QED) is 0.845. The van der Waals surface area contributed by atoms with Gasteiger partial charge in [-0.2, -0.15) is 0 Å². The summed E-state index contributed by atoms with van der Waals surface area (Å²) in [5.74, 6) is 0. The molecule has 3 rings (SSSR count). The molecule has 20 heavy (non-hydrogen) atoms. The van der Waals surface area contributed by atoms with Gasteiger partial charge in [0, 0.05) is 25.3 Å². The predicted molar refractivity (Wildman–Crippen MR) is 85.1 cm³/mol. The molecule has 2 aromatic rings. The number of rotatable bonds is 2. The Bertz CT molecular complexity index is 640. The first-order chi connectivity index (χ1) is 9.63. The molecule has 0 radical (unpaired) electrons. The molecule has 104 valence electrons. The number of nitrogens with two attached hydrogens (primary N) is 1. The zero-order chi connectivity index (χ0) is 14.1. The van der Waals surface area contributed by atoms with Crippen molar-refractivity contribution in [3.8, 4) is 0 Å². The molecule has 0 saturated heterocycles. The number of nitrogen functional groups attached to an aromatic ring is 1. The first-order valence-electron chi connectivity index (χ1n) is 6.66. The standard InChI is InChI=1S/C16H16Cl2N2/c17-14-5-4-11(8-15(14)18)9-20-7-6-12-2-1-3-16(19)13(12)10-20/h1-5,8H,6-7,9-10,19H2. The lowest BCUT2D eigenvalue weighted by Gasteiger charge is -2.29. The average Bonchev–Trinajstić information content (AvgIpc) is 2.44. The number of fused-ring (bicyclic) bond motifs is 1. The topological polar surface area (TPSA) is 29.3 Å². The van der Waals surface area contributed by atoms with Crippen molar-refractivity contribution in [2.24, 2.45) is 0 Å². The van der Waals surface area contributed by atoms with Gasteiger partial charge in [0.2, 0.25) is 0 Å². The van der Waals surface area contributed by atoms with Crippen molar-refractivity contribution >= 4 is 28.9 Å². The van der Waals surface area contributed by atoms with E-state index in [0.717, 1.165) is 31.7 Å². The summed E-state index contributed by atoms with van der Waals surface area (Å²) < 4.78 is 0. The third kappa shape index (κ3) is 2.78. The smallest absolute Gasteiger partial charge is 0.0595 e. The van der Waals surface area contributed by atoms with E-state index in [-0.39, 0.29) is 0 Å². The van der Waals surface area contributed by atoms with Crippen LogP contribution in [0, 0.1) is 0 Å². The van der Waals surface area contributed by atoms with Gasteiger partial charge in [-0.1, -0.05) is 41.4 Å². The molecule has 0 aliphatic carbocycles. The van der Waals surface area contributed by atoms with Crippen LogP contribution in [0.15, 0.2) is 36.4 Å². The summed E-state index contributed by atoms with van der Waals surface area (Å²) in [5.41, 5.74) is 10.8. The number of halogens is 2. The zero-order valence-corrected chi connectivity index (χ0v) is 12.6. The van der Waals surface area contributed by atoms with Crippen LogP contribution >= 0.6 is 23.2 Å². The second kappa shape index (κ2) is 5.65. The molecule has 1 aliphatic heterocycles. The Kier molecular flexibility index (Phi) is 3.88. The number of hydrogen-bond donors (Lipinski definition) is 1. The van der Waals surface area contributed by atoms with Crippen molar-refractivity contribution in [3.05, 3.63) is 63.1 Å². The maximum Gasteiger partial charge on any atom is 0.0595 e. The largest absolute Gasteiger partial charge is 0.398 e. The van der Waals surface area contributed by atoms with Crippen LogP contribution in [0.2, 0.25) is 10.0 Å². The second-order valence-corrected chi connectivity index (χ2v) is 6.01. The zero-order valence-electron chi connectivity index (χ0n) is 11.1. The molecular weight excluding hydrogens is 291 g/mol. The normalized spacial score (nSPS) is 15.1. The number of benzene rings is 2. The Hall–Kier alpha value is -1.22. The highest BCUT2D eigenvalue weighted by molar-refractivity contribution is 6.42. The molecule has 0 fully saturated rings. The van der Waals surface area contributed by atoms with Gasteiger partial charge in [0.25, 0.3) is 0 Å². The Morgan fingerprint density at radius 3 is 2.75 bits per heavy atom. The van der Waals surface area contributed by atoms with Gasteiger partial charge in [0.05, 0.1) is 10.0 Å². The Morgan fingerprint density at radius 1 is 1.10 bits per heavy atom. The Labute approximate surface area is 129 Å². The van der Waals surface area contributed by atoms with Gasteiger partial charge in [-0.25, -0.2) is 0 Å². The molecule has 0 saturated carbocycles. The summed E-state index contributed by atoms with van der Waals surface area (Å²) in [4.78, 5) is 2.39. The fourth-order valence-corrected chi connectivity index (χ4v) is 3.01. The van der Waals surface area contributed by atoms with Gasteiger partial charge in [0.1, 0.15) is 0 Å². The van der Waals surface area contributed by atoms with Gasteiger partial charge in [-0.3, -0.25) is 4.90 Å². The van der Waals surface area contributed by atoms with E-state index in [4.69, 9.17) is 28.9 Å². The maximum absolute atomic E-state index is 6.08. The predicted octanol–water partition coefficient (Wildman–Crippen LogP) is 4.13. The number of anilines is 1. The van der Waals surface area contributed by atoms with E-state index in [0.29, 0.717) is 10.0 Å². The third-order valence-electron chi connectivity index (χ3n) is 3.78. The summed E-state index contributed by atoms with van der Waals surface area (Å²) in [5, 5.41) is 1.21. The first-order valence-corrected chi connectivity index (χ1v) is 7.41. The SMILES string of the molecule is Nc1cccc2c1CN(Cc1ccc(Cl)c(Cl)c1)CC2. The average molecular weight is 307 g/mol. The molecule has 2 N–H and O–H groups in total. The van der Waals surface area contributed by atoms with E-state index >= 15 is 0 Å². The molecule has 1 heterocycles. The van der Waals surface area contributed by atoms with Crippen LogP contribution in [-0.4, -0.2) is 11.4 Å².